The van der Waals surface area contributed by atoms with E-state index in [1.54, 1.807) is 0 Å². The molecule has 0 aliphatic carbocycles. The number of hydrogen-bond donors (Lipinski definition) is 0. The lowest BCUT2D eigenvalue weighted by atomic mass is 9.93. The Hall–Kier alpha value is -1.16. The van der Waals surface area contributed by atoms with E-state index in [0.717, 1.165) is 26.1 Å². The van der Waals surface area contributed by atoms with E-state index in [4.69, 9.17) is 0 Å². The third-order valence-corrected chi connectivity index (χ3v) is 4.34. The van der Waals surface area contributed by atoms with Gasteiger partial charge in [0.1, 0.15) is 0 Å². The lowest BCUT2D eigenvalue weighted by Crippen LogP contribution is -2.41. The van der Waals surface area contributed by atoms with Crippen LogP contribution in [0.3, 0.4) is 0 Å². The average Bonchev–Trinajstić information content (AvgIpc) is 2.86. The first-order chi connectivity index (χ1) is 10.4. The third-order valence-electron chi connectivity index (χ3n) is 4.34. The highest BCUT2D eigenvalue weighted by Crippen LogP contribution is 2.25. The molecule has 1 saturated heterocycles. The first kappa shape index (κ1) is 17.2. The number of likely N-dealkylation sites (tertiary alicyclic amines) is 1. The van der Waals surface area contributed by atoms with Gasteiger partial charge in [-0.3, -0.25) is 4.68 Å². The van der Waals surface area contributed by atoms with Crippen molar-refractivity contribution in [2.24, 2.45) is 16.3 Å². The minimum absolute atomic E-state index is 0.164. The molecular weight excluding hydrogens is 272 g/mol. The predicted octanol–water partition coefficient (Wildman–Crippen LogP) is 3.45. The van der Waals surface area contributed by atoms with Crippen molar-refractivity contribution in [2.45, 2.75) is 53.0 Å². The molecule has 22 heavy (non-hydrogen) atoms. The van der Waals surface area contributed by atoms with Gasteiger partial charge in [-0.05, 0) is 30.7 Å². The number of rotatable bonds is 6. The molecule has 0 amide bonds. The SMILES string of the molecule is CN=CC(C)(C)CN1CCC(n2cc(CC(C)C)cn2)CC1. The number of aliphatic imine (C=N–C) groups is 1. The Bertz CT molecular complexity index is 479. The van der Waals surface area contributed by atoms with Gasteiger partial charge in [0.05, 0.1) is 12.2 Å². The summed E-state index contributed by atoms with van der Waals surface area (Å²) >= 11 is 0. The molecule has 0 saturated carbocycles. The van der Waals surface area contributed by atoms with Crippen molar-refractivity contribution in [2.75, 3.05) is 26.7 Å². The lowest BCUT2D eigenvalue weighted by Gasteiger charge is -2.36. The highest BCUT2D eigenvalue weighted by Gasteiger charge is 2.25. The van der Waals surface area contributed by atoms with Gasteiger partial charge >= 0.3 is 0 Å². The Morgan fingerprint density at radius 2 is 2.05 bits per heavy atom. The molecule has 0 spiro atoms. The molecule has 1 aliphatic rings. The number of hydrogen-bond acceptors (Lipinski definition) is 3. The van der Waals surface area contributed by atoms with E-state index in [-0.39, 0.29) is 5.41 Å². The van der Waals surface area contributed by atoms with E-state index in [2.05, 4.69) is 59.8 Å². The monoisotopic (exact) mass is 304 g/mol. The molecule has 1 aromatic heterocycles. The van der Waals surface area contributed by atoms with Crippen molar-refractivity contribution in [1.82, 2.24) is 14.7 Å². The van der Waals surface area contributed by atoms with Gasteiger partial charge in [0.15, 0.2) is 0 Å². The first-order valence-corrected chi connectivity index (χ1v) is 8.58. The summed E-state index contributed by atoms with van der Waals surface area (Å²) in [6.07, 6.45) is 9.90. The fourth-order valence-corrected chi connectivity index (χ4v) is 3.46. The van der Waals surface area contributed by atoms with Crippen LogP contribution in [0.2, 0.25) is 0 Å². The van der Waals surface area contributed by atoms with Crippen LogP contribution in [0.5, 0.6) is 0 Å². The molecule has 1 aliphatic heterocycles. The fourth-order valence-electron chi connectivity index (χ4n) is 3.46. The molecule has 4 nitrogen and oxygen atoms in total. The maximum absolute atomic E-state index is 4.60. The summed E-state index contributed by atoms with van der Waals surface area (Å²) < 4.78 is 2.20. The molecule has 1 fully saturated rings. The van der Waals surface area contributed by atoms with E-state index in [1.165, 1.54) is 18.4 Å². The normalized spacial score (nSPS) is 18.6. The van der Waals surface area contributed by atoms with Gasteiger partial charge in [0.2, 0.25) is 0 Å². The van der Waals surface area contributed by atoms with E-state index in [9.17, 15) is 0 Å². The molecule has 0 N–H and O–H groups in total. The predicted molar refractivity (Wildman–Crippen MR) is 93.7 cm³/mol. The van der Waals surface area contributed by atoms with Crippen LogP contribution in [-0.4, -0.2) is 47.6 Å². The summed E-state index contributed by atoms with van der Waals surface area (Å²) in [4.78, 5) is 6.76. The van der Waals surface area contributed by atoms with Crippen LogP contribution in [0, 0.1) is 11.3 Å². The quantitative estimate of drug-likeness (QED) is 0.754. The Morgan fingerprint density at radius 3 is 2.64 bits per heavy atom. The number of piperidine rings is 1. The summed E-state index contributed by atoms with van der Waals surface area (Å²) in [6.45, 7) is 12.5. The van der Waals surface area contributed by atoms with Crippen LogP contribution in [0.25, 0.3) is 0 Å². The molecule has 2 rings (SSSR count). The molecule has 4 heteroatoms. The van der Waals surface area contributed by atoms with E-state index in [0.29, 0.717) is 12.0 Å². The van der Waals surface area contributed by atoms with Gasteiger partial charge in [-0.25, -0.2) is 0 Å². The van der Waals surface area contributed by atoms with Crippen LogP contribution < -0.4 is 0 Å². The van der Waals surface area contributed by atoms with Crippen molar-refractivity contribution >= 4 is 6.21 Å². The topological polar surface area (TPSA) is 33.4 Å². The van der Waals surface area contributed by atoms with Crippen LogP contribution in [0.15, 0.2) is 17.4 Å². The van der Waals surface area contributed by atoms with Crippen LogP contribution in [0.4, 0.5) is 0 Å². The summed E-state index contributed by atoms with van der Waals surface area (Å²) in [6, 6.07) is 0.570. The van der Waals surface area contributed by atoms with Crippen LogP contribution >= 0.6 is 0 Å². The van der Waals surface area contributed by atoms with Crippen LogP contribution in [0.1, 0.15) is 52.1 Å². The van der Waals surface area contributed by atoms with Gasteiger partial charge in [-0.2, -0.15) is 5.10 Å². The molecule has 0 radical (unpaired) electrons. The minimum atomic E-state index is 0.164. The summed E-state index contributed by atoms with van der Waals surface area (Å²) in [5.74, 6) is 0.696. The molecule has 1 aromatic rings. The van der Waals surface area contributed by atoms with E-state index < -0.39 is 0 Å². The van der Waals surface area contributed by atoms with Gasteiger partial charge in [0.25, 0.3) is 0 Å². The van der Waals surface area contributed by atoms with E-state index >= 15 is 0 Å². The second kappa shape index (κ2) is 7.40. The third kappa shape index (κ3) is 4.94. The minimum Gasteiger partial charge on any atom is -0.302 e. The molecule has 0 aromatic carbocycles. The molecular formula is C18H32N4. The highest BCUT2D eigenvalue weighted by molar-refractivity contribution is 5.64. The molecule has 2 heterocycles. The Kier molecular flexibility index (Phi) is 5.79. The lowest BCUT2D eigenvalue weighted by molar-refractivity contribution is 0.152. The zero-order valence-electron chi connectivity index (χ0n) is 14.9. The van der Waals surface area contributed by atoms with Gasteiger partial charge in [0, 0.05) is 44.5 Å². The van der Waals surface area contributed by atoms with Crippen molar-refractivity contribution in [1.29, 1.82) is 0 Å². The second-order valence-electron chi connectivity index (χ2n) is 7.81. The van der Waals surface area contributed by atoms with Crippen LogP contribution in [-0.2, 0) is 6.42 Å². The van der Waals surface area contributed by atoms with Crippen molar-refractivity contribution in [3.8, 4) is 0 Å². The summed E-state index contributed by atoms with van der Waals surface area (Å²) in [7, 11) is 1.86. The van der Waals surface area contributed by atoms with Crippen molar-refractivity contribution in [3.05, 3.63) is 18.0 Å². The highest BCUT2D eigenvalue weighted by atomic mass is 15.3. The van der Waals surface area contributed by atoms with Crippen molar-refractivity contribution in [3.63, 3.8) is 0 Å². The molecule has 0 bridgehead atoms. The smallest absolute Gasteiger partial charge is 0.0543 e. The Balaban J connectivity index is 1.85. The van der Waals surface area contributed by atoms with E-state index in [1.807, 2.05) is 13.2 Å². The summed E-state index contributed by atoms with van der Waals surface area (Å²) in [5, 5.41) is 4.60. The maximum Gasteiger partial charge on any atom is 0.0543 e. The Labute approximate surface area is 135 Å². The van der Waals surface area contributed by atoms with Crippen molar-refractivity contribution < 1.29 is 0 Å². The van der Waals surface area contributed by atoms with Gasteiger partial charge < -0.3 is 9.89 Å². The molecule has 124 valence electrons. The first-order valence-electron chi connectivity index (χ1n) is 8.58. The standard InChI is InChI=1S/C18H32N4/c1-15(2)10-16-11-20-22(12-16)17-6-8-21(9-7-17)14-18(3,4)13-19-5/h11-13,15,17H,6-10,14H2,1-5H3. The zero-order valence-corrected chi connectivity index (χ0v) is 14.9. The van der Waals surface area contributed by atoms with Gasteiger partial charge in [-0.1, -0.05) is 27.7 Å². The summed E-state index contributed by atoms with van der Waals surface area (Å²) in [5.41, 5.74) is 1.54. The molecule has 0 unspecified atom stereocenters. The fraction of sp³-hybridized carbons (Fsp3) is 0.778. The Morgan fingerprint density at radius 1 is 1.36 bits per heavy atom. The number of aromatic nitrogens is 2. The number of nitrogens with zero attached hydrogens (tertiary/aromatic N) is 4. The zero-order chi connectivity index (χ0) is 16.2. The molecule has 0 atom stereocenters. The largest absolute Gasteiger partial charge is 0.302 e. The average molecular weight is 304 g/mol. The second-order valence-corrected chi connectivity index (χ2v) is 7.81. The van der Waals surface area contributed by atoms with Gasteiger partial charge in [-0.15, -0.1) is 0 Å². The maximum atomic E-state index is 4.60.